The molecule has 1 aliphatic rings. The van der Waals surface area contributed by atoms with Crippen LogP contribution >= 0.6 is 11.3 Å². The summed E-state index contributed by atoms with van der Waals surface area (Å²) >= 11 is 1.57. The Balaban J connectivity index is 1.93. The first-order valence-electron chi connectivity index (χ1n) is 6.00. The summed E-state index contributed by atoms with van der Waals surface area (Å²) in [4.78, 5) is 13.1. The van der Waals surface area contributed by atoms with Gasteiger partial charge in [-0.25, -0.2) is 4.79 Å². The van der Waals surface area contributed by atoms with Crippen molar-refractivity contribution < 1.29 is 9.90 Å². The lowest BCUT2D eigenvalue weighted by atomic mass is 10.00. The Morgan fingerprint density at radius 3 is 2.95 bits per heavy atom. The predicted octanol–water partition coefficient (Wildman–Crippen LogP) is 2.81. The summed E-state index contributed by atoms with van der Waals surface area (Å²) in [5.74, 6) is 0. The number of nitrogens with one attached hydrogen (secondary N) is 1. The highest BCUT2D eigenvalue weighted by Crippen LogP contribution is 2.29. The molecule has 0 saturated carbocycles. The Morgan fingerprint density at radius 1 is 1.37 bits per heavy atom. The van der Waals surface area contributed by atoms with Crippen molar-refractivity contribution in [2.45, 2.75) is 12.6 Å². The van der Waals surface area contributed by atoms with E-state index in [2.05, 4.69) is 5.32 Å². The van der Waals surface area contributed by atoms with Crippen LogP contribution in [-0.2, 0) is 6.54 Å². The first-order chi connectivity index (χ1) is 9.15. The zero-order valence-electron chi connectivity index (χ0n) is 10.5. The molecule has 2 amide bonds. The van der Waals surface area contributed by atoms with Gasteiger partial charge in [0, 0.05) is 19.3 Å². The van der Waals surface area contributed by atoms with Gasteiger partial charge >= 0.3 is 6.03 Å². The number of thiophene rings is 1. The van der Waals surface area contributed by atoms with Crippen molar-refractivity contribution in [3.8, 4) is 0 Å². The summed E-state index contributed by atoms with van der Waals surface area (Å²) in [5.41, 5.74) is 3.60. The number of hydrogen-bond acceptors (Lipinski definition) is 3. The number of fused-ring (bicyclic) bond motifs is 1. The van der Waals surface area contributed by atoms with Crippen LogP contribution in [0.4, 0.5) is 10.5 Å². The third kappa shape index (κ3) is 2.22. The Bertz CT molecular complexity index is 610. The summed E-state index contributed by atoms with van der Waals surface area (Å²) in [5, 5.41) is 17.0. The Morgan fingerprint density at radius 2 is 2.21 bits per heavy atom. The van der Waals surface area contributed by atoms with Crippen LogP contribution in [0.2, 0.25) is 0 Å². The highest BCUT2D eigenvalue weighted by atomic mass is 32.1. The molecule has 98 valence electrons. The van der Waals surface area contributed by atoms with Crippen LogP contribution in [0, 0.1) is 0 Å². The monoisotopic (exact) mass is 274 g/mol. The van der Waals surface area contributed by atoms with Crippen molar-refractivity contribution in [3.05, 3.63) is 51.7 Å². The van der Waals surface area contributed by atoms with Gasteiger partial charge in [0.1, 0.15) is 6.10 Å². The molecular formula is C14H14N2O2S. The van der Waals surface area contributed by atoms with Gasteiger partial charge in [0.2, 0.25) is 0 Å². The molecule has 4 nitrogen and oxygen atoms in total. The maximum absolute atomic E-state index is 11.5. The number of benzene rings is 1. The lowest BCUT2D eigenvalue weighted by Crippen LogP contribution is -2.35. The van der Waals surface area contributed by atoms with E-state index in [1.807, 2.05) is 35.0 Å². The molecular weight excluding hydrogens is 260 g/mol. The molecule has 1 unspecified atom stereocenters. The van der Waals surface area contributed by atoms with Crippen LogP contribution in [0.25, 0.3) is 0 Å². The van der Waals surface area contributed by atoms with Gasteiger partial charge < -0.3 is 15.3 Å². The molecule has 19 heavy (non-hydrogen) atoms. The highest BCUT2D eigenvalue weighted by molar-refractivity contribution is 7.07. The Hall–Kier alpha value is -1.85. The first kappa shape index (κ1) is 12.2. The van der Waals surface area contributed by atoms with Crippen molar-refractivity contribution in [2.75, 3.05) is 12.4 Å². The van der Waals surface area contributed by atoms with Crippen molar-refractivity contribution in [2.24, 2.45) is 0 Å². The number of rotatable bonds is 2. The summed E-state index contributed by atoms with van der Waals surface area (Å²) in [6.45, 7) is 0.561. The fourth-order valence-electron chi connectivity index (χ4n) is 2.20. The van der Waals surface area contributed by atoms with E-state index in [1.165, 1.54) is 0 Å². The molecule has 5 heteroatoms. The molecule has 0 bridgehead atoms. The number of aliphatic hydroxyl groups excluding tert-OH is 1. The molecule has 2 N–H and O–H groups in total. The van der Waals surface area contributed by atoms with Gasteiger partial charge in [-0.3, -0.25) is 0 Å². The number of amides is 2. The van der Waals surface area contributed by atoms with Gasteiger partial charge in [0.25, 0.3) is 0 Å². The topological polar surface area (TPSA) is 52.6 Å². The number of nitrogens with zero attached hydrogens (tertiary/aromatic N) is 1. The largest absolute Gasteiger partial charge is 0.384 e. The number of aliphatic hydroxyl groups is 1. The van der Waals surface area contributed by atoms with Crippen molar-refractivity contribution in [3.63, 3.8) is 0 Å². The highest BCUT2D eigenvalue weighted by Gasteiger charge is 2.20. The van der Waals surface area contributed by atoms with Crippen LogP contribution in [0.3, 0.4) is 0 Å². The van der Waals surface area contributed by atoms with Crippen LogP contribution < -0.4 is 5.32 Å². The molecule has 1 aromatic carbocycles. The van der Waals surface area contributed by atoms with Gasteiger partial charge in [-0.1, -0.05) is 6.07 Å². The number of urea groups is 1. The lowest BCUT2D eigenvalue weighted by Gasteiger charge is -2.26. The smallest absolute Gasteiger partial charge is 0.321 e. The Labute approximate surface area is 115 Å². The van der Waals surface area contributed by atoms with Crippen LogP contribution in [0.1, 0.15) is 22.8 Å². The number of carbonyl (C=O) groups excluding carboxylic acids is 1. The first-order valence-corrected chi connectivity index (χ1v) is 6.94. The van der Waals surface area contributed by atoms with Gasteiger partial charge in [-0.2, -0.15) is 11.3 Å². The maximum atomic E-state index is 11.5. The van der Waals surface area contributed by atoms with E-state index in [0.717, 1.165) is 22.4 Å². The molecule has 0 radical (unpaired) electrons. The van der Waals surface area contributed by atoms with Gasteiger partial charge in [-0.05, 0) is 45.6 Å². The molecule has 2 heterocycles. The quantitative estimate of drug-likeness (QED) is 0.884. The molecule has 1 aromatic heterocycles. The zero-order chi connectivity index (χ0) is 13.4. The van der Waals surface area contributed by atoms with E-state index < -0.39 is 6.10 Å². The van der Waals surface area contributed by atoms with E-state index in [1.54, 1.807) is 23.3 Å². The molecule has 2 aromatic rings. The molecule has 1 aliphatic heterocycles. The molecule has 0 fully saturated rings. The second-order valence-electron chi connectivity index (χ2n) is 4.66. The van der Waals surface area contributed by atoms with Crippen LogP contribution in [0.15, 0.2) is 35.0 Å². The van der Waals surface area contributed by atoms with E-state index in [4.69, 9.17) is 0 Å². The average Bonchev–Trinajstić information content (AvgIpc) is 2.93. The van der Waals surface area contributed by atoms with Crippen LogP contribution in [0.5, 0.6) is 0 Å². The van der Waals surface area contributed by atoms with Crippen molar-refractivity contribution >= 4 is 23.1 Å². The third-order valence-electron chi connectivity index (χ3n) is 3.30. The SMILES string of the molecule is CN1Cc2cc(C(O)c3ccsc3)ccc2NC1=O. The summed E-state index contributed by atoms with van der Waals surface area (Å²) in [6.07, 6.45) is -0.612. The summed E-state index contributed by atoms with van der Waals surface area (Å²) < 4.78 is 0. The van der Waals surface area contributed by atoms with Crippen molar-refractivity contribution in [1.29, 1.82) is 0 Å². The molecule has 0 saturated heterocycles. The van der Waals surface area contributed by atoms with Gasteiger partial charge in [-0.15, -0.1) is 0 Å². The minimum Gasteiger partial charge on any atom is -0.384 e. The third-order valence-corrected chi connectivity index (χ3v) is 4.00. The molecule has 3 rings (SSSR count). The van der Waals surface area contributed by atoms with E-state index in [0.29, 0.717) is 6.54 Å². The number of anilines is 1. The fraction of sp³-hybridized carbons (Fsp3) is 0.214. The van der Waals surface area contributed by atoms with Gasteiger partial charge in [0.15, 0.2) is 0 Å². The standard InChI is InChI=1S/C14H14N2O2S/c1-16-7-11-6-9(2-3-12(11)15-14(16)18)13(17)10-4-5-19-8-10/h2-6,8,13,17H,7H2,1H3,(H,15,18). The maximum Gasteiger partial charge on any atom is 0.321 e. The molecule has 0 aliphatic carbocycles. The minimum atomic E-state index is -0.612. The van der Waals surface area contributed by atoms with Crippen molar-refractivity contribution in [1.82, 2.24) is 4.90 Å². The molecule has 1 atom stereocenters. The van der Waals surface area contributed by atoms with Gasteiger partial charge in [0.05, 0.1) is 0 Å². The summed E-state index contributed by atoms with van der Waals surface area (Å²) in [6, 6.07) is 7.48. The molecule has 0 spiro atoms. The second-order valence-corrected chi connectivity index (χ2v) is 5.44. The Kier molecular flexibility index (Phi) is 3.00. The normalized spacial score (nSPS) is 15.9. The predicted molar refractivity (Wildman–Crippen MR) is 75.3 cm³/mol. The van der Waals surface area contributed by atoms with E-state index in [9.17, 15) is 9.90 Å². The number of hydrogen-bond donors (Lipinski definition) is 2. The van der Waals surface area contributed by atoms with E-state index in [-0.39, 0.29) is 6.03 Å². The number of carbonyl (C=O) groups is 1. The summed E-state index contributed by atoms with van der Waals surface area (Å²) in [7, 11) is 1.75. The fourth-order valence-corrected chi connectivity index (χ4v) is 2.88. The average molecular weight is 274 g/mol. The zero-order valence-corrected chi connectivity index (χ0v) is 11.3. The minimum absolute atomic E-state index is 0.0985. The van der Waals surface area contributed by atoms with Crippen LogP contribution in [-0.4, -0.2) is 23.1 Å². The van der Waals surface area contributed by atoms with E-state index >= 15 is 0 Å². The second kappa shape index (κ2) is 4.68. The lowest BCUT2D eigenvalue weighted by molar-refractivity contribution is 0.217.